The molecular formula is C12H22N2O3S. The number of aliphatic carboxylic acids is 1. The number of hydrogen-bond acceptors (Lipinski definition) is 3. The van der Waals surface area contributed by atoms with Crippen LogP contribution in [0.25, 0.3) is 0 Å². The van der Waals surface area contributed by atoms with E-state index >= 15 is 0 Å². The average Bonchev–Trinajstić information content (AvgIpc) is 2.24. The standard InChI is InChI=1S/C12H22N2O3S/c1-8(10(15)16)9-5-14(6-9)11(17)13-7-12(2,3)18-4/h8-9H,5-7H2,1-4H3,(H,13,17)(H,15,16). The van der Waals surface area contributed by atoms with Gasteiger partial charge in [-0.25, -0.2) is 4.79 Å². The highest BCUT2D eigenvalue weighted by Gasteiger charge is 2.37. The maximum Gasteiger partial charge on any atom is 0.317 e. The Hall–Kier alpha value is -0.910. The number of nitrogens with zero attached hydrogens (tertiary/aromatic N) is 1. The fourth-order valence-electron chi connectivity index (χ4n) is 1.67. The Morgan fingerprint density at radius 3 is 2.50 bits per heavy atom. The van der Waals surface area contributed by atoms with Crippen LogP contribution in [-0.2, 0) is 4.79 Å². The van der Waals surface area contributed by atoms with Crippen LogP contribution >= 0.6 is 11.8 Å². The van der Waals surface area contributed by atoms with Crippen molar-refractivity contribution in [3.8, 4) is 0 Å². The van der Waals surface area contributed by atoms with E-state index < -0.39 is 5.97 Å². The molecule has 1 fully saturated rings. The van der Waals surface area contributed by atoms with Gasteiger partial charge in [-0.15, -0.1) is 0 Å². The van der Waals surface area contributed by atoms with Crippen molar-refractivity contribution in [3.63, 3.8) is 0 Å². The van der Waals surface area contributed by atoms with Crippen LogP contribution in [0.5, 0.6) is 0 Å². The molecule has 0 saturated carbocycles. The van der Waals surface area contributed by atoms with Crippen LogP contribution in [0.3, 0.4) is 0 Å². The second-order valence-electron chi connectivity index (χ2n) is 5.41. The molecule has 1 aliphatic heterocycles. The molecule has 6 heteroatoms. The third kappa shape index (κ3) is 3.80. The van der Waals surface area contributed by atoms with Gasteiger partial charge in [-0.2, -0.15) is 11.8 Å². The maximum absolute atomic E-state index is 11.8. The lowest BCUT2D eigenvalue weighted by Gasteiger charge is -2.41. The molecule has 0 aromatic heterocycles. The Labute approximate surface area is 112 Å². The zero-order chi connectivity index (χ0) is 13.9. The van der Waals surface area contributed by atoms with Gasteiger partial charge in [0.15, 0.2) is 0 Å². The van der Waals surface area contributed by atoms with Crippen molar-refractivity contribution in [1.82, 2.24) is 10.2 Å². The highest BCUT2D eigenvalue weighted by atomic mass is 32.2. The molecule has 18 heavy (non-hydrogen) atoms. The summed E-state index contributed by atoms with van der Waals surface area (Å²) in [5.41, 5.74) is 0. The van der Waals surface area contributed by atoms with Crippen LogP contribution in [0, 0.1) is 11.8 Å². The number of carboxylic acid groups (broad SMARTS) is 1. The average molecular weight is 274 g/mol. The van der Waals surface area contributed by atoms with E-state index in [1.165, 1.54) is 0 Å². The Morgan fingerprint density at radius 1 is 1.50 bits per heavy atom. The summed E-state index contributed by atoms with van der Waals surface area (Å²) in [5, 5.41) is 11.7. The van der Waals surface area contributed by atoms with Crippen molar-refractivity contribution < 1.29 is 14.7 Å². The van der Waals surface area contributed by atoms with Gasteiger partial charge >= 0.3 is 12.0 Å². The second kappa shape index (κ2) is 5.82. The maximum atomic E-state index is 11.8. The number of nitrogens with one attached hydrogen (secondary N) is 1. The first-order valence-electron chi connectivity index (χ1n) is 6.07. The summed E-state index contributed by atoms with van der Waals surface area (Å²) in [6, 6.07) is -0.0917. The lowest BCUT2D eigenvalue weighted by Crippen LogP contribution is -2.57. The minimum Gasteiger partial charge on any atom is -0.481 e. The van der Waals surface area contributed by atoms with E-state index in [0.29, 0.717) is 19.6 Å². The molecule has 1 saturated heterocycles. The van der Waals surface area contributed by atoms with Crippen molar-refractivity contribution in [3.05, 3.63) is 0 Å². The smallest absolute Gasteiger partial charge is 0.317 e. The zero-order valence-electron chi connectivity index (χ0n) is 11.4. The highest BCUT2D eigenvalue weighted by molar-refractivity contribution is 7.99. The van der Waals surface area contributed by atoms with Crippen molar-refractivity contribution >= 4 is 23.8 Å². The van der Waals surface area contributed by atoms with Gasteiger partial charge in [-0.3, -0.25) is 4.79 Å². The van der Waals surface area contributed by atoms with Crippen LogP contribution in [0.1, 0.15) is 20.8 Å². The lowest BCUT2D eigenvalue weighted by atomic mass is 9.87. The number of hydrogen-bond donors (Lipinski definition) is 2. The molecule has 1 heterocycles. The normalized spacial score (nSPS) is 18.1. The number of thioether (sulfide) groups is 1. The zero-order valence-corrected chi connectivity index (χ0v) is 12.2. The van der Waals surface area contributed by atoms with Crippen LogP contribution in [0.4, 0.5) is 4.79 Å². The summed E-state index contributed by atoms with van der Waals surface area (Å²) in [5.74, 6) is -1.08. The molecule has 1 atom stereocenters. The molecule has 5 nitrogen and oxygen atoms in total. The summed E-state index contributed by atoms with van der Waals surface area (Å²) in [6.45, 7) is 7.53. The van der Waals surface area contributed by atoms with Gasteiger partial charge in [0.2, 0.25) is 0 Å². The van der Waals surface area contributed by atoms with Gasteiger partial charge in [0, 0.05) is 30.3 Å². The molecule has 1 aliphatic rings. The molecule has 1 rings (SSSR count). The van der Waals surface area contributed by atoms with Gasteiger partial charge in [0.25, 0.3) is 0 Å². The third-order valence-corrected chi connectivity index (χ3v) is 4.76. The predicted molar refractivity (Wildman–Crippen MR) is 72.9 cm³/mol. The topological polar surface area (TPSA) is 69.6 Å². The summed E-state index contributed by atoms with van der Waals surface area (Å²) in [7, 11) is 0. The number of carbonyl (C=O) groups excluding carboxylic acids is 1. The summed E-state index contributed by atoms with van der Waals surface area (Å²) < 4.78 is 0.0221. The van der Waals surface area contributed by atoms with Gasteiger partial charge in [0.05, 0.1) is 5.92 Å². The number of carboxylic acids is 1. The first-order chi connectivity index (χ1) is 8.26. The van der Waals surface area contributed by atoms with Crippen molar-refractivity contribution in [1.29, 1.82) is 0 Å². The summed E-state index contributed by atoms with van der Waals surface area (Å²) in [4.78, 5) is 24.2. The van der Waals surface area contributed by atoms with Crippen LogP contribution in [0.2, 0.25) is 0 Å². The third-order valence-electron chi connectivity index (χ3n) is 3.51. The number of carbonyl (C=O) groups is 2. The molecule has 0 aromatic rings. The fraction of sp³-hybridized carbons (Fsp3) is 0.833. The minimum absolute atomic E-state index is 0.0221. The largest absolute Gasteiger partial charge is 0.481 e. The monoisotopic (exact) mass is 274 g/mol. The predicted octanol–water partition coefficient (Wildman–Crippen LogP) is 1.49. The Bertz CT molecular complexity index is 327. The molecule has 2 N–H and O–H groups in total. The van der Waals surface area contributed by atoms with Crippen LogP contribution in [0.15, 0.2) is 0 Å². The fourth-order valence-corrected chi connectivity index (χ4v) is 1.89. The first kappa shape index (κ1) is 15.1. The quantitative estimate of drug-likeness (QED) is 0.797. The molecule has 0 radical (unpaired) electrons. The molecule has 104 valence electrons. The van der Waals surface area contributed by atoms with Crippen molar-refractivity contribution in [2.75, 3.05) is 25.9 Å². The van der Waals surface area contributed by atoms with E-state index in [0.717, 1.165) is 0 Å². The Kier molecular flexibility index (Phi) is 4.90. The number of urea groups is 1. The molecule has 0 aliphatic carbocycles. The minimum atomic E-state index is -0.788. The van der Waals surface area contributed by atoms with Gasteiger partial charge in [-0.1, -0.05) is 6.92 Å². The van der Waals surface area contributed by atoms with E-state index in [1.54, 1.807) is 23.6 Å². The Morgan fingerprint density at radius 2 is 2.06 bits per heavy atom. The van der Waals surface area contributed by atoms with Crippen LogP contribution < -0.4 is 5.32 Å². The SMILES string of the molecule is CSC(C)(C)CNC(=O)N1CC(C(C)C(=O)O)C1. The van der Waals surface area contributed by atoms with E-state index in [4.69, 9.17) is 5.11 Å². The van der Waals surface area contributed by atoms with E-state index in [1.807, 2.05) is 6.26 Å². The molecule has 1 unspecified atom stereocenters. The lowest BCUT2D eigenvalue weighted by molar-refractivity contribution is -0.144. The highest BCUT2D eigenvalue weighted by Crippen LogP contribution is 2.24. The van der Waals surface area contributed by atoms with Gasteiger partial charge in [-0.05, 0) is 20.1 Å². The van der Waals surface area contributed by atoms with E-state index in [2.05, 4.69) is 19.2 Å². The molecule has 2 amide bonds. The summed E-state index contributed by atoms with van der Waals surface area (Å²) in [6.07, 6.45) is 2.01. The molecule has 0 bridgehead atoms. The molecule has 0 aromatic carbocycles. The number of amides is 2. The van der Waals surface area contributed by atoms with Crippen LogP contribution in [-0.4, -0.2) is 52.6 Å². The second-order valence-corrected chi connectivity index (χ2v) is 6.93. The summed E-state index contributed by atoms with van der Waals surface area (Å²) >= 11 is 1.70. The van der Waals surface area contributed by atoms with Crippen molar-refractivity contribution in [2.45, 2.75) is 25.5 Å². The number of rotatable bonds is 5. The van der Waals surface area contributed by atoms with E-state index in [-0.39, 0.29) is 22.6 Å². The van der Waals surface area contributed by atoms with Crippen molar-refractivity contribution in [2.24, 2.45) is 11.8 Å². The first-order valence-corrected chi connectivity index (χ1v) is 7.30. The molecule has 0 spiro atoms. The van der Waals surface area contributed by atoms with Gasteiger partial charge in [0.1, 0.15) is 0 Å². The van der Waals surface area contributed by atoms with Gasteiger partial charge < -0.3 is 15.3 Å². The number of likely N-dealkylation sites (tertiary alicyclic amines) is 1. The molecular weight excluding hydrogens is 252 g/mol. The van der Waals surface area contributed by atoms with E-state index in [9.17, 15) is 9.59 Å². The Balaban J connectivity index is 2.29.